The Bertz CT molecular complexity index is 822. The zero-order valence-corrected chi connectivity index (χ0v) is 20.6. The lowest BCUT2D eigenvalue weighted by Crippen LogP contribution is -2.49. The molecule has 0 N–H and O–H groups in total. The number of carbonyl (C=O) groups is 1. The minimum Gasteiger partial charge on any atom is -0.446 e. The number of morpholine rings is 1. The van der Waals surface area contributed by atoms with Crippen LogP contribution in [0.5, 0.6) is 0 Å². The molecule has 2 saturated heterocycles. The fraction of sp³-hybridized carbons (Fsp3) is 0.741. The molecular weight excluding hydrogens is 414 g/mol. The van der Waals surface area contributed by atoms with Gasteiger partial charge in [0.1, 0.15) is 6.10 Å². The van der Waals surface area contributed by atoms with Crippen molar-refractivity contribution in [1.29, 1.82) is 0 Å². The molecule has 6 heteroatoms. The van der Waals surface area contributed by atoms with E-state index in [2.05, 4.69) is 41.8 Å². The minimum absolute atomic E-state index is 0.0551. The van der Waals surface area contributed by atoms with E-state index in [0.29, 0.717) is 12.6 Å². The first-order valence-electron chi connectivity index (χ1n) is 13.2. The lowest BCUT2D eigenvalue weighted by Gasteiger charge is -2.41. The molecule has 0 aromatic heterocycles. The minimum atomic E-state index is -0.123. The summed E-state index contributed by atoms with van der Waals surface area (Å²) < 4.78 is 11.4. The van der Waals surface area contributed by atoms with Gasteiger partial charge < -0.3 is 19.3 Å². The zero-order chi connectivity index (χ0) is 22.8. The molecule has 0 bridgehead atoms. The van der Waals surface area contributed by atoms with Crippen LogP contribution in [0.15, 0.2) is 18.2 Å². The number of piperidine rings is 1. The maximum absolute atomic E-state index is 13.0. The standard InChI is InChI=1S/C27H41N3O3/c1-27(2)11-14-30(26(31)33-24-5-3-4-6-24)20-21-19-23(7-8-25(21)27)28-12-9-22(10-13-28)29-15-17-32-18-16-29/h7-8,19,22,24H,3-6,9-18,20H2,1-2H3. The Labute approximate surface area is 199 Å². The number of hydrogen-bond acceptors (Lipinski definition) is 5. The van der Waals surface area contributed by atoms with E-state index in [0.717, 1.165) is 65.2 Å². The fourth-order valence-electron chi connectivity index (χ4n) is 6.21. The lowest BCUT2D eigenvalue weighted by molar-refractivity contribution is 0.0115. The van der Waals surface area contributed by atoms with Crippen LogP contribution in [-0.4, -0.2) is 74.0 Å². The first-order valence-corrected chi connectivity index (χ1v) is 13.2. The van der Waals surface area contributed by atoms with Gasteiger partial charge in [-0.2, -0.15) is 0 Å². The van der Waals surface area contributed by atoms with Crippen LogP contribution >= 0.6 is 0 Å². The first-order chi connectivity index (χ1) is 16.0. The van der Waals surface area contributed by atoms with Gasteiger partial charge in [0.25, 0.3) is 0 Å². The average molecular weight is 456 g/mol. The van der Waals surface area contributed by atoms with E-state index in [9.17, 15) is 4.79 Å². The molecule has 5 rings (SSSR count). The van der Waals surface area contributed by atoms with E-state index >= 15 is 0 Å². The molecule has 3 fully saturated rings. The van der Waals surface area contributed by atoms with Crippen molar-refractivity contribution in [3.63, 3.8) is 0 Å². The van der Waals surface area contributed by atoms with Crippen LogP contribution in [-0.2, 0) is 21.4 Å². The molecule has 3 heterocycles. The second kappa shape index (κ2) is 9.83. The summed E-state index contributed by atoms with van der Waals surface area (Å²) in [6.45, 7) is 12.1. The van der Waals surface area contributed by atoms with Crippen molar-refractivity contribution in [3.05, 3.63) is 29.3 Å². The van der Waals surface area contributed by atoms with Crippen LogP contribution in [0.4, 0.5) is 10.5 Å². The number of amides is 1. The zero-order valence-electron chi connectivity index (χ0n) is 20.6. The number of ether oxygens (including phenoxy) is 2. The highest BCUT2D eigenvalue weighted by Crippen LogP contribution is 2.37. The van der Waals surface area contributed by atoms with Gasteiger partial charge in [0.05, 0.1) is 13.2 Å². The van der Waals surface area contributed by atoms with E-state index in [1.54, 1.807) is 0 Å². The molecule has 1 amide bonds. The Morgan fingerprint density at radius 1 is 1.00 bits per heavy atom. The smallest absolute Gasteiger partial charge is 0.410 e. The summed E-state index contributed by atoms with van der Waals surface area (Å²) in [5, 5.41) is 0. The highest BCUT2D eigenvalue weighted by molar-refractivity contribution is 5.68. The molecule has 1 saturated carbocycles. The van der Waals surface area contributed by atoms with Gasteiger partial charge in [-0.1, -0.05) is 19.9 Å². The van der Waals surface area contributed by atoms with Crippen molar-refractivity contribution >= 4 is 11.8 Å². The monoisotopic (exact) mass is 455 g/mol. The van der Waals surface area contributed by atoms with Gasteiger partial charge in [0.2, 0.25) is 0 Å². The summed E-state index contributed by atoms with van der Waals surface area (Å²) in [5.41, 5.74) is 4.02. The number of carbonyl (C=O) groups excluding carboxylic acids is 1. The number of nitrogens with zero attached hydrogens (tertiary/aromatic N) is 3. The average Bonchev–Trinajstić information content (AvgIpc) is 3.30. The third-order valence-electron chi connectivity index (χ3n) is 8.41. The summed E-state index contributed by atoms with van der Waals surface area (Å²) in [7, 11) is 0. The summed E-state index contributed by atoms with van der Waals surface area (Å²) in [6.07, 6.45) is 7.78. The van der Waals surface area contributed by atoms with Crippen LogP contribution in [0, 0.1) is 0 Å². The van der Waals surface area contributed by atoms with Gasteiger partial charge in [0.15, 0.2) is 0 Å². The van der Waals surface area contributed by atoms with Gasteiger partial charge >= 0.3 is 6.09 Å². The van der Waals surface area contributed by atoms with Gasteiger partial charge in [-0.15, -0.1) is 0 Å². The SMILES string of the molecule is CC1(C)CCN(C(=O)OC2CCCC2)Cc2cc(N3CCC(N4CCOCC4)CC3)ccc21. The summed E-state index contributed by atoms with van der Waals surface area (Å²) in [6, 6.07) is 7.67. The van der Waals surface area contributed by atoms with Crippen LogP contribution in [0.2, 0.25) is 0 Å². The molecule has 0 atom stereocenters. The van der Waals surface area contributed by atoms with Crippen molar-refractivity contribution < 1.29 is 14.3 Å². The fourth-order valence-corrected chi connectivity index (χ4v) is 6.21. The molecule has 0 radical (unpaired) electrons. The van der Waals surface area contributed by atoms with Crippen LogP contribution in [0.1, 0.15) is 69.9 Å². The second-order valence-electron chi connectivity index (χ2n) is 11.1. The summed E-state index contributed by atoms with van der Waals surface area (Å²) >= 11 is 0. The molecule has 1 aromatic carbocycles. The Kier molecular flexibility index (Phi) is 6.84. The van der Waals surface area contributed by atoms with Gasteiger partial charge in [-0.25, -0.2) is 4.79 Å². The first kappa shape index (κ1) is 23.0. The van der Waals surface area contributed by atoms with E-state index in [1.165, 1.54) is 42.5 Å². The van der Waals surface area contributed by atoms with Crippen molar-refractivity contribution in [2.45, 2.75) is 82.9 Å². The molecular formula is C27H41N3O3. The molecule has 4 aliphatic rings. The quantitative estimate of drug-likeness (QED) is 0.669. The van der Waals surface area contributed by atoms with Gasteiger partial charge in [-0.05, 0) is 73.6 Å². The van der Waals surface area contributed by atoms with Gasteiger partial charge in [0, 0.05) is 51.0 Å². The summed E-state index contributed by atoms with van der Waals surface area (Å²) in [4.78, 5) is 20.1. The number of anilines is 1. The van der Waals surface area contributed by atoms with E-state index < -0.39 is 0 Å². The topological polar surface area (TPSA) is 45.2 Å². The van der Waals surface area contributed by atoms with E-state index in [1.807, 2.05) is 4.90 Å². The van der Waals surface area contributed by atoms with E-state index in [4.69, 9.17) is 9.47 Å². The number of fused-ring (bicyclic) bond motifs is 1. The molecule has 6 nitrogen and oxygen atoms in total. The number of benzene rings is 1. The Hall–Kier alpha value is -1.79. The molecule has 0 spiro atoms. The highest BCUT2D eigenvalue weighted by atomic mass is 16.6. The maximum atomic E-state index is 13.0. The molecule has 182 valence electrons. The molecule has 1 aromatic rings. The Morgan fingerprint density at radius 3 is 2.45 bits per heavy atom. The third-order valence-corrected chi connectivity index (χ3v) is 8.41. The molecule has 1 aliphatic carbocycles. The molecule has 3 aliphatic heterocycles. The Morgan fingerprint density at radius 2 is 1.73 bits per heavy atom. The van der Waals surface area contributed by atoms with Crippen molar-refractivity contribution in [1.82, 2.24) is 9.80 Å². The second-order valence-corrected chi connectivity index (χ2v) is 11.1. The van der Waals surface area contributed by atoms with Gasteiger partial charge in [-0.3, -0.25) is 4.90 Å². The normalized spacial score (nSPS) is 25.0. The molecule has 33 heavy (non-hydrogen) atoms. The maximum Gasteiger partial charge on any atom is 0.410 e. The predicted molar refractivity (Wildman–Crippen MR) is 131 cm³/mol. The van der Waals surface area contributed by atoms with Crippen molar-refractivity contribution in [3.8, 4) is 0 Å². The van der Waals surface area contributed by atoms with Crippen LogP contribution in [0.3, 0.4) is 0 Å². The molecule has 0 unspecified atom stereocenters. The van der Waals surface area contributed by atoms with Crippen LogP contribution < -0.4 is 4.90 Å². The van der Waals surface area contributed by atoms with Crippen LogP contribution in [0.25, 0.3) is 0 Å². The highest BCUT2D eigenvalue weighted by Gasteiger charge is 2.33. The summed E-state index contributed by atoms with van der Waals surface area (Å²) in [5.74, 6) is 0. The third kappa shape index (κ3) is 5.17. The Balaban J connectivity index is 1.28. The number of hydrogen-bond donors (Lipinski definition) is 0. The van der Waals surface area contributed by atoms with Crippen molar-refractivity contribution in [2.75, 3.05) is 50.8 Å². The van der Waals surface area contributed by atoms with E-state index in [-0.39, 0.29) is 17.6 Å². The lowest BCUT2D eigenvalue weighted by atomic mass is 9.80. The van der Waals surface area contributed by atoms with Crippen molar-refractivity contribution in [2.24, 2.45) is 0 Å². The largest absolute Gasteiger partial charge is 0.446 e. The number of rotatable bonds is 3. The predicted octanol–water partition coefficient (Wildman–Crippen LogP) is 4.55.